The summed E-state index contributed by atoms with van der Waals surface area (Å²) in [6.45, 7) is 8.77. The van der Waals surface area contributed by atoms with Gasteiger partial charge in [-0.25, -0.2) is 0 Å². The van der Waals surface area contributed by atoms with Crippen LogP contribution >= 0.6 is 0 Å². The molecule has 2 atom stereocenters. The first-order valence-electron chi connectivity index (χ1n) is 15.3. The molecule has 0 bridgehead atoms. The van der Waals surface area contributed by atoms with Crippen molar-refractivity contribution in [3.63, 3.8) is 0 Å². The molecule has 208 valence electrons. The summed E-state index contributed by atoms with van der Waals surface area (Å²) in [4.78, 5) is 0. The Labute approximate surface area is 260 Å². The SMILES string of the molecule is C=CC1(c2ccccc2)c2ccccc2-c2ccc(/C=C/c3ccc4c(c3)C(C=C)(c3ccccc3)c3ccccc3-4)cc21. The first-order valence-corrected chi connectivity index (χ1v) is 15.3. The van der Waals surface area contributed by atoms with E-state index in [-0.39, 0.29) is 0 Å². The van der Waals surface area contributed by atoms with E-state index in [4.69, 9.17) is 0 Å². The van der Waals surface area contributed by atoms with Crippen LogP contribution in [0.15, 0.2) is 171 Å². The summed E-state index contributed by atoms with van der Waals surface area (Å²) in [6, 6.07) is 52.7. The molecule has 2 aliphatic carbocycles. The van der Waals surface area contributed by atoms with E-state index in [0.29, 0.717) is 0 Å². The smallest absolute Gasteiger partial charge is 0.0641 e. The second-order valence-electron chi connectivity index (χ2n) is 11.8. The Hall–Kier alpha value is -5.46. The van der Waals surface area contributed by atoms with E-state index >= 15 is 0 Å². The van der Waals surface area contributed by atoms with Crippen LogP contribution in [0.25, 0.3) is 34.4 Å². The number of allylic oxidation sites excluding steroid dienone is 2. The molecule has 0 amide bonds. The highest BCUT2D eigenvalue weighted by molar-refractivity contribution is 5.88. The van der Waals surface area contributed by atoms with E-state index < -0.39 is 10.8 Å². The van der Waals surface area contributed by atoms with Crippen molar-refractivity contribution in [2.24, 2.45) is 0 Å². The third kappa shape index (κ3) is 3.58. The largest absolute Gasteiger partial charge is 0.102 e. The monoisotopic (exact) mass is 560 g/mol. The standard InChI is InChI=1S/C44H32/c1-3-43(33-15-7-5-8-16-33)39-21-13-11-19-35(39)37-27-25-31(29-41(37)43)23-24-32-26-28-38-36-20-12-14-22-40(36)44(4-2,42(38)30-32)34-17-9-6-10-18-34/h3-30H,1-2H2/b24-23+. The number of rotatable bonds is 6. The number of hydrogen-bond acceptors (Lipinski definition) is 0. The van der Waals surface area contributed by atoms with Crippen LogP contribution in [0.5, 0.6) is 0 Å². The zero-order chi connectivity index (χ0) is 29.7. The zero-order valence-electron chi connectivity index (χ0n) is 24.6. The van der Waals surface area contributed by atoms with Crippen LogP contribution in [0.2, 0.25) is 0 Å². The summed E-state index contributed by atoms with van der Waals surface area (Å²) >= 11 is 0. The molecule has 0 aromatic heterocycles. The Kier molecular flexibility index (Phi) is 6.00. The lowest BCUT2D eigenvalue weighted by atomic mass is 9.72. The summed E-state index contributed by atoms with van der Waals surface area (Å²) in [5.41, 5.74) is 14.3. The number of benzene rings is 6. The molecule has 44 heavy (non-hydrogen) atoms. The molecule has 8 rings (SSSR count). The molecule has 0 N–H and O–H groups in total. The molecule has 0 radical (unpaired) electrons. The van der Waals surface area contributed by atoms with Gasteiger partial charge in [0.25, 0.3) is 0 Å². The Morgan fingerprint density at radius 2 is 0.727 bits per heavy atom. The minimum atomic E-state index is -0.393. The van der Waals surface area contributed by atoms with Gasteiger partial charge in [0.2, 0.25) is 0 Å². The molecule has 6 aromatic carbocycles. The molecule has 6 aromatic rings. The number of hydrogen-bond donors (Lipinski definition) is 0. The van der Waals surface area contributed by atoms with Crippen molar-refractivity contribution in [2.45, 2.75) is 10.8 Å². The van der Waals surface area contributed by atoms with Gasteiger partial charge in [-0.1, -0.05) is 158 Å². The Balaban J connectivity index is 1.24. The summed E-state index contributed by atoms with van der Waals surface area (Å²) in [5, 5.41) is 0. The molecular formula is C44H32. The summed E-state index contributed by atoms with van der Waals surface area (Å²) < 4.78 is 0. The average molecular weight is 561 g/mol. The van der Waals surface area contributed by atoms with Crippen molar-refractivity contribution in [3.05, 3.63) is 215 Å². The predicted octanol–water partition coefficient (Wildman–Crippen LogP) is 10.9. The lowest BCUT2D eigenvalue weighted by molar-refractivity contribution is 0.806. The molecule has 0 saturated heterocycles. The van der Waals surface area contributed by atoms with Gasteiger partial charge in [-0.15, -0.1) is 13.2 Å². The van der Waals surface area contributed by atoms with Gasteiger partial charge in [0.1, 0.15) is 0 Å². The van der Waals surface area contributed by atoms with Crippen LogP contribution in [-0.4, -0.2) is 0 Å². The molecule has 2 unspecified atom stereocenters. The molecule has 0 aliphatic heterocycles. The first kappa shape index (κ1) is 26.2. The Morgan fingerprint density at radius 3 is 1.14 bits per heavy atom. The van der Waals surface area contributed by atoms with Crippen molar-refractivity contribution in [2.75, 3.05) is 0 Å². The fraction of sp³-hybridized carbons (Fsp3) is 0.0455. The van der Waals surface area contributed by atoms with Crippen LogP contribution in [0.3, 0.4) is 0 Å². The molecule has 0 saturated carbocycles. The minimum Gasteiger partial charge on any atom is -0.102 e. The molecule has 0 nitrogen and oxygen atoms in total. The Bertz CT molecular complexity index is 1940. The normalized spacial score (nSPS) is 19.2. The van der Waals surface area contributed by atoms with Gasteiger partial charge in [-0.2, -0.15) is 0 Å². The highest BCUT2D eigenvalue weighted by Gasteiger charge is 2.43. The van der Waals surface area contributed by atoms with Gasteiger partial charge in [0.15, 0.2) is 0 Å². The third-order valence-electron chi connectivity index (χ3n) is 9.76. The fourth-order valence-electron chi connectivity index (χ4n) is 7.76. The lowest BCUT2D eigenvalue weighted by Crippen LogP contribution is -2.23. The third-order valence-corrected chi connectivity index (χ3v) is 9.76. The highest BCUT2D eigenvalue weighted by Crippen LogP contribution is 2.55. The predicted molar refractivity (Wildman–Crippen MR) is 186 cm³/mol. The molecular weight excluding hydrogens is 528 g/mol. The topological polar surface area (TPSA) is 0 Å². The fourth-order valence-corrected chi connectivity index (χ4v) is 7.76. The highest BCUT2D eigenvalue weighted by atomic mass is 14.4. The van der Waals surface area contributed by atoms with E-state index in [9.17, 15) is 0 Å². The second kappa shape index (κ2) is 10.1. The van der Waals surface area contributed by atoms with Crippen molar-refractivity contribution in [3.8, 4) is 22.3 Å². The number of fused-ring (bicyclic) bond motifs is 6. The van der Waals surface area contributed by atoms with E-state index in [2.05, 4.69) is 183 Å². The maximum absolute atomic E-state index is 4.38. The van der Waals surface area contributed by atoms with E-state index in [1.807, 2.05) is 0 Å². The van der Waals surface area contributed by atoms with E-state index in [1.165, 1.54) is 66.8 Å². The molecule has 0 heterocycles. The van der Waals surface area contributed by atoms with Crippen LogP contribution in [0.4, 0.5) is 0 Å². The average Bonchev–Trinajstić information content (AvgIpc) is 3.55. The Morgan fingerprint density at radius 1 is 0.364 bits per heavy atom. The van der Waals surface area contributed by atoms with Gasteiger partial charge in [0, 0.05) is 0 Å². The second-order valence-corrected chi connectivity index (χ2v) is 11.8. The minimum absolute atomic E-state index is 0.393. The zero-order valence-corrected chi connectivity index (χ0v) is 24.6. The van der Waals surface area contributed by atoms with Gasteiger partial charge >= 0.3 is 0 Å². The molecule has 0 heteroatoms. The van der Waals surface area contributed by atoms with Gasteiger partial charge in [-0.3, -0.25) is 0 Å². The van der Waals surface area contributed by atoms with Crippen molar-refractivity contribution in [1.29, 1.82) is 0 Å². The van der Waals surface area contributed by atoms with Gasteiger partial charge in [-0.05, 0) is 78.9 Å². The lowest BCUT2D eigenvalue weighted by Gasteiger charge is -2.29. The maximum atomic E-state index is 4.38. The van der Waals surface area contributed by atoms with Crippen LogP contribution in [-0.2, 0) is 10.8 Å². The van der Waals surface area contributed by atoms with Crippen molar-refractivity contribution in [1.82, 2.24) is 0 Å². The quantitative estimate of drug-likeness (QED) is 0.140. The van der Waals surface area contributed by atoms with E-state index in [0.717, 1.165) is 0 Å². The van der Waals surface area contributed by atoms with Gasteiger partial charge < -0.3 is 0 Å². The van der Waals surface area contributed by atoms with Crippen molar-refractivity contribution < 1.29 is 0 Å². The maximum Gasteiger partial charge on any atom is 0.0641 e. The molecule has 0 fully saturated rings. The molecule has 0 spiro atoms. The van der Waals surface area contributed by atoms with Crippen molar-refractivity contribution >= 4 is 12.2 Å². The first-order chi connectivity index (χ1) is 21.7. The summed E-state index contributed by atoms with van der Waals surface area (Å²) in [5.74, 6) is 0. The summed E-state index contributed by atoms with van der Waals surface area (Å²) in [6.07, 6.45) is 8.72. The van der Waals surface area contributed by atoms with Gasteiger partial charge in [0.05, 0.1) is 10.8 Å². The van der Waals surface area contributed by atoms with Crippen LogP contribution < -0.4 is 0 Å². The van der Waals surface area contributed by atoms with Crippen LogP contribution in [0.1, 0.15) is 44.5 Å². The van der Waals surface area contributed by atoms with E-state index in [1.54, 1.807) is 0 Å². The summed E-state index contributed by atoms with van der Waals surface area (Å²) in [7, 11) is 0. The van der Waals surface area contributed by atoms with Crippen LogP contribution in [0, 0.1) is 0 Å². The molecule has 2 aliphatic rings.